The average Bonchev–Trinajstić information content (AvgIpc) is 2.39. The Balaban J connectivity index is 1.78. The van der Waals surface area contributed by atoms with Gasteiger partial charge in [-0.05, 0) is 44.7 Å². The van der Waals surface area contributed by atoms with Crippen LogP contribution in [0.4, 0.5) is 0 Å². The zero-order valence-electron chi connectivity index (χ0n) is 11.7. The first-order valence-electron chi connectivity index (χ1n) is 7.38. The molecule has 18 heavy (non-hydrogen) atoms. The largest absolute Gasteiger partial charge is 0.340 e. The van der Waals surface area contributed by atoms with Crippen molar-refractivity contribution in [3.8, 4) is 0 Å². The van der Waals surface area contributed by atoms with Crippen molar-refractivity contribution in [3.63, 3.8) is 0 Å². The standard InChI is InChI=1S/C14H27N3O/c1-11(13-3-5-15-6-4-13)9-14(18)17-8-7-16-12(2)10-17/h11-13,15-16H,3-10H2,1-2H3. The lowest BCUT2D eigenvalue weighted by molar-refractivity contribution is -0.133. The third-order valence-corrected chi connectivity index (χ3v) is 4.41. The molecule has 2 rings (SSSR count). The van der Waals surface area contributed by atoms with Gasteiger partial charge in [0.05, 0.1) is 0 Å². The van der Waals surface area contributed by atoms with Crippen LogP contribution in [-0.4, -0.2) is 49.6 Å². The van der Waals surface area contributed by atoms with Crippen LogP contribution in [0.2, 0.25) is 0 Å². The van der Waals surface area contributed by atoms with Crippen molar-refractivity contribution in [1.82, 2.24) is 15.5 Å². The van der Waals surface area contributed by atoms with Gasteiger partial charge in [0.1, 0.15) is 0 Å². The van der Waals surface area contributed by atoms with Crippen LogP contribution in [0, 0.1) is 11.8 Å². The molecule has 2 N–H and O–H groups in total. The topological polar surface area (TPSA) is 44.4 Å². The van der Waals surface area contributed by atoms with Crippen molar-refractivity contribution in [2.24, 2.45) is 11.8 Å². The number of nitrogens with one attached hydrogen (secondary N) is 2. The number of nitrogens with zero attached hydrogens (tertiary/aromatic N) is 1. The fraction of sp³-hybridized carbons (Fsp3) is 0.929. The first-order chi connectivity index (χ1) is 8.66. The molecule has 1 amide bonds. The number of carbonyl (C=O) groups is 1. The van der Waals surface area contributed by atoms with Gasteiger partial charge in [0.25, 0.3) is 0 Å². The molecule has 4 nitrogen and oxygen atoms in total. The van der Waals surface area contributed by atoms with Gasteiger partial charge in [-0.2, -0.15) is 0 Å². The maximum Gasteiger partial charge on any atom is 0.222 e. The second kappa shape index (κ2) is 6.53. The Kier molecular flexibility index (Phi) is 5.01. The third kappa shape index (κ3) is 3.69. The predicted octanol–water partition coefficient (Wildman–Crippen LogP) is 0.833. The number of piperidine rings is 1. The number of hydrogen-bond donors (Lipinski definition) is 2. The number of carbonyl (C=O) groups excluding carboxylic acids is 1. The molecular weight excluding hydrogens is 226 g/mol. The SMILES string of the molecule is CC1CN(C(=O)CC(C)C2CCNCC2)CCN1. The summed E-state index contributed by atoms with van der Waals surface area (Å²) in [5.41, 5.74) is 0. The number of rotatable bonds is 3. The maximum atomic E-state index is 12.3. The molecule has 4 heteroatoms. The van der Waals surface area contributed by atoms with Crippen LogP contribution in [0.15, 0.2) is 0 Å². The van der Waals surface area contributed by atoms with Crippen LogP contribution in [0.25, 0.3) is 0 Å². The molecule has 0 bridgehead atoms. The van der Waals surface area contributed by atoms with Gasteiger partial charge in [0.15, 0.2) is 0 Å². The highest BCUT2D eigenvalue weighted by atomic mass is 16.2. The Labute approximate surface area is 110 Å². The van der Waals surface area contributed by atoms with E-state index in [-0.39, 0.29) is 0 Å². The summed E-state index contributed by atoms with van der Waals surface area (Å²) in [6.45, 7) is 9.32. The average molecular weight is 253 g/mol. The second-order valence-corrected chi connectivity index (χ2v) is 5.96. The van der Waals surface area contributed by atoms with Crippen LogP contribution < -0.4 is 10.6 Å². The zero-order valence-corrected chi connectivity index (χ0v) is 11.7. The molecule has 0 aromatic rings. The van der Waals surface area contributed by atoms with Crippen LogP contribution in [-0.2, 0) is 4.79 Å². The highest BCUT2D eigenvalue weighted by molar-refractivity contribution is 5.76. The van der Waals surface area contributed by atoms with Crippen molar-refractivity contribution < 1.29 is 4.79 Å². The molecule has 0 aromatic heterocycles. The van der Waals surface area contributed by atoms with E-state index in [1.54, 1.807) is 0 Å². The summed E-state index contributed by atoms with van der Waals surface area (Å²) < 4.78 is 0. The first kappa shape index (κ1) is 13.8. The number of amides is 1. The van der Waals surface area contributed by atoms with Crippen molar-refractivity contribution in [1.29, 1.82) is 0 Å². The summed E-state index contributed by atoms with van der Waals surface area (Å²) in [6, 6.07) is 0.442. The molecule has 2 unspecified atom stereocenters. The smallest absolute Gasteiger partial charge is 0.222 e. The van der Waals surface area contributed by atoms with E-state index in [4.69, 9.17) is 0 Å². The Hall–Kier alpha value is -0.610. The molecule has 2 heterocycles. The van der Waals surface area contributed by atoms with Gasteiger partial charge < -0.3 is 15.5 Å². The van der Waals surface area contributed by atoms with Gasteiger partial charge in [-0.15, -0.1) is 0 Å². The Bertz CT molecular complexity index is 276. The van der Waals surface area contributed by atoms with Crippen LogP contribution in [0.1, 0.15) is 33.1 Å². The molecule has 2 fully saturated rings. The van der Waals surface area contributed by atoms with E-state index >= 15 is 0 Å². The summed E-state index contributed by atoms with van der Waals surface area (Å²) in [5, 5.41) is 6.77. The zero-order chi connectivity index (χ0) is 13.0. The lowest BCUT2D eigenvalue weighted by Crippen LogP contribution is -2.51. The van der Waals surface area contributed by atoms with E-state index in [0.29, 0.717) is 17.9 Å². The van der Waals surface area contributed by atoms with Crippen molar-refractivity contribution in [2.75, 3.05) is 32.7 Å². The van der Waals surface area contributed by atoms with Crippen LogP contribution >= 0.6 is 0 Å². The second-order valence-electron chi connectivity index (χ2n) is 5.96. The van der Waals surface area contributed by atoms with Gasteiger partial charge >= 0.3 is 0 Å². The molecule has 2 saturated heterocycles. The normalized spacial score (nSPS) is 28.1. The molecule has 2 aliphatic heterocycles. The molecule has 2 atom stereocenters. The van der Waals surface area contributed by atoms with E-state index in [1.807, 2.05) is 4.90 Å². The first-order valence-corrected chi connectivity index (χ1v) is 7.38. The highest BCUT2D eigenvalue weighted by Gasteiger charge is 2.26. The van der Waals surface area contributed by atoms with Crippen LogP contribution in [0.3, 0.4) is 0 Å². The molecule has 0 saturated carbocycles. The molecule has 0 spiro atoms. The molecule has 104 valence electrons. The minimum absolute atomic E-state index is 0.356. The fourth-order valence-corrected chi connectivity index (χ4v) is 3.14. The predicted molar refractivity (Wildman–Crippen MR) is 73.4 cm³/mol. The summed E-state index contributed by atoms with van der Waals surface area (Å²) in [4.78, 5) is 14.3. The van der Waals surface area contributed by atoms with E-state index in [0.717, 1.165) is 45.1 Å². The van der Waals surface area contributed by atoms with E-state index in [1.165, 1.54) is 12.8 Å². The Morgan fingerprint density at radius 2 is 2.06 bits per heavy atom. The molecule has 0 aromatic carbocycles. The van der Waals surface area contributed by atoms with E-state index in [9.17, 15) is 4.79 Å². The minimum atomic E-state index is 0.356. The quantitative estimate of drug-likeness (QED) is 0.783. The van der Waals surface area contributed by atoms with Crippen molar-refractivity contribution in [2.45, 2.75) is 39.2 Å². The summed E-state index contributed by atoms with van der Waals surface area (Å²) >= 11 is 0. The van der Waals surface area contributed by atoms with Gasteiger partial charge in [0.2, 0.25) is 5.91 Å². The lowest BCUT2D eigenvalue weighted by atomic mass is 9.84. The van der Waals surface area contributed by atoms with Gasteiger partial charge in [-0.1, -0.05) is 6.92 Å². The maximum absolute atomic E-state index is 12.3. The molecular formula is C14H27N3O. The fourth-order valence-electron chi connectivity index (χ4n) is 3.14. The van der Waals surface area contributed by atoms with Crippen LogP contribution in [0.5, 0.6) is 0 Å². The summed E-state index contributed by atoms with van der Waals surface area (Å²) in [7, 11) is 0. The van der Waals surface area contributed by atoms with E-state index in [2.05, 4.69) is 24.5 Å². The third-order valence-electron chi connectivity index (χ3n) is 4.41. The Morgan fingerprint density at radius 3 is 2.72 bits per heavy atom. The highest BCUT2D eigenvalue weighted by Crippen LogP contribution is 2.25. The Morgan fingerprint density at radius 1 is 1.33 bits per heavy atom. The lowest BCUT2D eigenvalue weighted by Gasteiger charge is -2.34. The van der Waals surface area contributed by atoms with Gasteiger partial charge in [-0.3, -0.25) is 4.79 Å². The van der Waals surface area contributed by atoms with E-state index < -0.39 is 0 Å². The molecule has 2 aliphatic rings. The van der Waals surface area contributed by atoms with Crippen molar-refractivity contribution in [3.05, 3.63) is 0 Å². The molecule has 0 radical (unpaired) electrons. The number of piperazine rings is 1. The summed E-state index contributed by atoms with van der Waals surface area (Å²) in [6.07, 6.45) is 3.19. The van der Waals surface area contributed by atoms with Crippen molar-refractivity contribution >= 4 is 5.91 Å². The van der Waals surface area contributed by atoms with Gasteiger partial charge in [0, 0.05) is 32.1 Å². The minimum Gasteiger partial charge on any atom is -0.340 e. The number of hydrogen-bond acceptors (Lipinski definition) is 3. The molecule has 0 aliphatic carbocycles. The monoisotopic (exact) mass is 253 g/mol. The summed E-state index contributed by atoms with van der Waals surface area (Å²) in [5.74, 6) is 1.62. The van der Waals surface area contributed by atoms with Gasteiger partial charge in [-0.25, -0.2) is 0 Å².